The van der Waals surface area contributed by atoms with Crippen LogP contribution < -0.4 is 20.1 Å². The van der Waals surface area contributed by atoms with Gasteiger partial charge in [-0.25, -0.2) is 4.39 Å². The van der Waals surface area contributed by atoms with Gasteiger partial charge in [0, 0.05) is 0 Å². The monoisotopic (exact) mass is 450 g/mol. The molecule has 164 valence electrons. The molecular formula is C25H23FN2O3S. The number of aryl methyl sites for hydroxylation is 1. The Hall–Kier alpha value is -3.45. The standard InChI is InChI=1S/C25H23FN2O3S/c1-16-6-5-7-18(12-16)15-31-21-11-10-17(13-22(21)30-2)14-23-24(29)28-25(32-23)27-20-9-4-3-8-19(20)26/h3-14,25,27H,15H2,1-2H3,(H,28,29)/b23-14-. The molecule has 0 spiro atoms. The maximum Gasteiger partial charge on any atom is 0.260 e. The second-order valence-electron chi connectivity index (χ2n) is 7.29. The second-order valence-corrected chi connectivity index (χ2v) is 8.44. The van der Waals surface area contributed by atoms with E-state index in [2.05, 4.69) is 16.7 Å². The predicted molar refractivity (Wildman–Crippen MR) is 126 cm³/mol. The van der Waals surface area contributed by atoms with Crippen molar-refractivity contribution in [1.82, 2.24) is 5.32 Å². The van der Waals surface area contributed by atoms with E-state index in [1.165, 1.54) is 23.4 Å². The highest BCUT2D eigenvalue weighted by molar-refractivity contribution is 8.05. The molecular weight excluding hydrogens is 427 g/mol. The number of hydrogen-bond donors (Lipinski definition) is 2. The number of thioether (sulfide) groups is 1. The van der Waals surface area contributed by atoms with Crippen molar-refractivity contribution < 1.29 is 18.7 Å². The minimum atomic E-state index is -0.454. The van der Waals surface area contributed by atoms with Crippen molar-refractivity contribution in [2.75, 3.05) is 12.4 Å². The van der Waals surface area contributed by atoms with Crippen LogP contribution in [0.1, 0.15) is 16.7 Å². The summed E-state index contributed by atoms with van der Waals surface area (Å²) in [5, 5.41) is 5.80. The molecule has 1 unspecified atom stereocenters. The fourth-order valence-electron chi connectivity index (χ4n) is 3.29. The normalized spacial score (nSPS) is 16.7. The van der Waals surface area contributed by atoms with Crippen LogP contribution in [-0.4, -0.2) is 18.5 Å². The Labute approximate surface area is 190 Å². The van der Waals surface area contributed by atoms with Gasteiger partial charge < -0.3 is 20.1 Å². The number of anilines is 1. The van der Waals surface area contributed by atoms with Crippen LogP contribution in [0, 0.1) is 12.7 Å². The number of para-hydroxylation sites is 1. The number of halogens is 1. The summed E-state index contributed by atoms with van der Waals surface area (Å²) in [6.45, 7) is 2.47. The summed E-state index contributed by atoms with van der Waals surface area (Å²) in [6, 6.07) is 20.0. The zero-order chi connectivity index (χ0) is 22.5. The first-order chi connectivity index (χ1) is 15.5. The van der Waals surface area contributed by atoms with Gasteiger partial charge in [0.2, 0.25) is 0 Å². The van der Waals surface area contributed by atoms with E-state index in [1.807, 2.05) is 43.3 Å². The van der Waals surface area contributed by atoms with Gasteiger partial charge >= 0.3 is 0 Å². The van der Waals surface area contributed by atoms with Crippen LogP contribution in [0.25, 0.3) is 6.08 Å². The third kappa shape index (κ3) is 5.23. The van der Waals surface area contributed by atoms with Gasteiger partial charge in [0.1, 0.15) is 12.4 Å². The third-order valence-electron chi connectivity index (χ3n) is 4.85. The fraction of sp³-hybridized carbons (Fsp3) is 0.160. The lowest BCUT2D eigenvalue weighted by Gasteiger charge is -2.13. The van der Waals surface area contributed by atoms with Crippen molar-refractivity contribution >= 4 is 29.4 Å². The fourth-order valence-corrected chi connectivity index (χ4v) is 4.27. The van der Waals surface area contributed by atoms with Crippen LogP contribution in [0.15, 0.2) is 71.6 Å². The Bertz CT molecular complexity index is 1170. The molecule has 1 aliphatic rings. The zero-order valence-electron chi connectivity index (χ0n) is 17.7. The first kappa shape index (κ1) is 21.8. The molecule has 0 aliphatic carbocycles. The van der Waals surface area contributed by atoms with E-state index in [9.17, 15) is 9.18 Å². The Kier molecular flexibility index (Phi) is 6.66. The van der Waals surface area contributed by atoms with Gasteiger partial charge in [-0.05, 0) is 48.4 Å². The largest absolute Gasteiger partial charge is 0.493 e. The van der Waals surface area contributed by atoms with Gasteiger partial charge in [-0.15, -0.1) is 0 Å². The van der Waals surface area contributed by atoms with Crippen molar-refractivity contribution in [2.45, 2.75) is 19.0 Å². The highest BCUT2D eigenvalue weighted by Crippen LogP contribution is 2.34. The summed E-state index contributed by atoms with van der Waals surface area (Å²) in [5.74, 6) is 0.614. The number of ether oxygens (including phenoxy) is 2. The van der Waals surface area contributed by atoms with E-state index >= 15 is 0 Å². The summed E-state index contributed by atoms with van der Waals surface area (Å²) >= 11 is 1.29. The number of hydrogen-bond acceptors (Lipinski definition) is 5. The van der Waals surface area contributed by atoms with Crippen LogP contribution >= 0.6 is 11.8 Å². The number of carbonyl (C=O) groups excluding carboxylic acids is 1. The van der Waals surface area contributed by atoms with Gasteiger partial charge in [-0.2, -0.15) is 0 Å². The van der Waals surface area contributed by atoms with E-state index in [0.717, 1.165) is 11.1 Å². The van der Waals surface area contributed by atoms with Crippen molar-refractivity contribution in [3.63, 3.8) is 0 Å². The average Bonchev–Trinajstić information content (AvgIpc) is 3.13. The molecule has 0 bridgehead atoms. The molecule has 1 heterocycles. The second kappa shape index (κ2) is 9.78. The van der Waals surface area contributed by atoms with Crippen LogP contribution in [0.5, 0.6) is 11.5 Å². The smallest absolute Gasteiger partial charge is 0.260 e. The molecule has 2 N–H and O–H groups in total. The molecule has 32 heavy (non-hydrogen) atoms. The molecule has 0 aromatic heterocycles. The summed E-state index contributed by atoms with van der Waals surface area (Å²) < 4.78 is 25.3. The van der Waals surface area contributed by atoms with E-state index in [0.29, 0.717) is 28.7 Å². The molecule has 1 atom stereocenters. The topological polar surface area (TPSA) is 59.6 Å². The van der Waals surface area contributed by atoms with E-state index < -0.39 is 5.50 Å². The first-order valence-electron chi connectivity index (χ1n) is 10.1. The van der Waals surface area contributed by atoms with Crippen LogP contribution in [-0.2, 0) is 11.4 Å². The molecule has 4 rings (SSSR count). The van der Waals surface area contributed by atoms with Gasteiger partial charge in [0.15, 0.2) is 17.0 Å². The molecule has 3 aromatic rings. The molecule has 0 radical (unpaired) electrons. The average molecular weight is 451 g/mol. The van der Waals surface area contributed by atoms with Crippen molar-refractivity contribution in [3.8, 4) is 11.5 Å². The minimum Gasteiger partial charge on any atom is -0.493 e. The molecule has 0 saturated carbocycles. The van der Waals surface area contributed by atoms with Crippen LogP contribution in [0.4, 0.5) is 10.1 Å². The summed E-state index contributed by atoms with van der Waals surface area (Å²) in [4.78, 5) is 12.9. The van der Waals surface area contributed by atoms with Crippen LogP contribution in [0.3, 0.4) is 0 Å². The molecule has 5 nitrogen and oxygen atoms in total. The lowest BCUT2D eigenvalue weighted by atomic mass is 10.1. The SMILES string of the molecule is COc1cc(/C=C2\SC(Nc3ccccc3F)NC2=O)ccc1OCc1cccc(C)c1. The Balaban J connectivity index is 1.45. The van der Waals surface area contributed by atoms with Gasteiger partial charge in [-0.3, -0.25) is 4.79 Å². The van der Waals surface area contributed by atoms with E-state index in [1.54, 1.807) is 31.4 Å². The number of nitrogens with one attached hydrogen (secondary N) is 2. The number of benzene rings is 3. The number of methoxy groups -OCH3 is 1. The van der Waals surface area contributed by atoms with Gasteiger partial charge in [0.25, 0.3) is 5.91 Å². The Morgan fingerprint density at radius 3 is 2.72 bits per heavy atom. The predicted octanol–water partition coefficient (Wildman–Crippen LogP) is 5.32. The maximum absolute atomic E-state index is 13.9. The van der Waals surface area contributed by atoms with Gasteiger partial charge in [0.05, 0.1) is 17.7 Å². The van der Waals surface area contributed by atoms with Crippen molar-refractivity contribution in [2.24, 2.45) is 0 Å². The number of rotatable bonds is 7. The highest BCUT2D eigenvalue weighted by atomic mass is 32.2. The lowest BCUT2D eigenvalue weighted by molar-refractivity contribution is -0.116. The highest BCUT2D eigenvalue weighted by Gasteiger charge is 2.27. The lowest BCUT2D eigenvalue weighted by Crippen LogP contribution is -2.31. The van der Waals surface area contributed by atoms with E-state index in [4.69, 9.17) is 9.47 Å². The quantitative estimate of drug-likeness (QED) is 0.477. The molecule has 7 heteroatoms. The Morgan fingerprint density at radius 1 is 1.09 bits per heavy atom. The molecule has 1 saturated heterocycles. The Morgan fingerprint density at radius 2 is 1.94 bits per heavy atom. The maximum atomic E-state index is 13.9. The van der Waals surface area contributed by atoms with E-state index in [-0.39, 0.29) is 11.7 Å². The van der Waals surface area contributed by atoms with Crippen molar-refractivity contribution in [3.05, 3.63) is 94.1 Å². The number of amides is 1. The molecule has 1 amide bonds. The molecule has 3 aromatic carbocycles. The first-order valence-corrected chi connectivity index (χ1v) is 11.0. The van der Waals surface area contributed by atoms with Crippen LogP contribution in [0.2, 0.25) is 0 Å². The van der Waals surface area contributed by atoms with Crippen molar-refractivity contribution in [1.29, 1.82) is 0 Å². The minimum absolute atomic E-state index is 0.220. The third-order valence-corrected chi connectivity index (χ3v) is 5.88. The summed E-state index contributed by atoms with van der Waals surface area (Å²) in [7, 11) is 1.58. The number of carbonyl (C=O) groups is 1. The summed E-state index contributed by atoms with van der Waals surface area (Å²) in [5.41, 5.74) is 2.93. The summed E-state index contributed by atoms with van der Waals surface area (Å²) in [6.07, 6.45) is 1.77. The molecule has 1 aliphatic heterocycles. The molecule has 1 fully saturated rings. The zero-order valence-corrected chi connectivity index (χ0v) is 18.5. The van der Waals surface area contributed by atoms with Gasteiger partial charge in [-0.1, -0.05) is 59.8 Å².